The summed E-state index contributed by atoms with van der Waals surface area (Å²) in [5.41, 5.74) is 0. The first kappa shape index (κ1) is 9.53. The van der Waals surface area contributed by atoms with Crippen LogP contribution in [0.4, 0.5) is 0 Å². The smallest absolute Gasteiger partial charge is 0.192 e. The van der Waals surface area contributed by atoms with E-state index >= 15 is 0 Å². The average molecular weight is 170 g/mol. The molecule has 3 atom stereocenters. The first-order chi connectivity index (χ1) is 5.62. The number of hydrogen-bond donors (Lipinski definition) is 0. The van der Waals surface area contributed by atoms with Crippen LogP contribution in [0.3, 0.4) is 0 Å². The molecule has 0 radical (unpaired) electrons. The monoisotopic (exact) mass is 170 g/mol. The summed E-state index contributed by atoms with van der Waals surface area (Å²) < 4.78 is 16.1. The molecule has 0 aromatic carbocycles. The highest BCUT2D eigenvalue weighted by Crippen LogP contribution is 2.25. The molecule has 3 heteroatoms. The maximum Gasteiger partial charge on any atom is 0.192 e. The van der Waals surface area contributed by atoms with Gasteiger partial charge in [0.25, 0.3) is 0 Å². The minimum Gasteiger partial charge on any atom is -0.369 e. The van der Waals surface area contributed by atoms with Crippen LogP contribution in [-0.2, 0) is 14.2 Å². The van der Waals surface area contributed by atoms with Crippen molar-refractivity contribution in [2.75, 3.05) is 13.7 Å². The highest BCUT2D eigenvalue weighted by molar-refractivity contribution is 4.98. The van der Waals surface area contributed by atoms with Crippen molar-refractivity contribution in [2.45, 2.75) is 31.8 Å². The van der Waals surface area contributed by atoms with Crippen molar-refractivity contribution in [3.05, 3.63) is 0 Å². The minimum absolute atomic E-state index is 0.0906. The zero-order chi connectivity index (χ0) is 9.19. The van der Waals surface area contributed by atoms with Gasteiger partial charge >= 0.3 is 0 Å². The van der Waals surface area contributed by atoms with E-state index in [1.54, 1.807) is 7.11 Å². The van der Waals surface area contributed by atoms with Crippen LogP contribution >= 0.6 is 0 Å². The molecule has 0 aromatic heterocycles. The van der Waals surface area contributed by atoms with Crippen LogP contribution in [0.5, 0.6) is 0 Å². The maximum absolute atomic E-state index is 5.50. The second kappa shape index (κ2) is 3.44. The van der Waals surface area contributed by atoms with Gasteiger partial charge in [0.1, 0.15) is 12.2 Å². The van der Waals surface area contributed by atoms with Gasteiger partial charge in [-0.15, -0.1) is 6.42 Å². The van der Waals surface area contributed by atoms with E-state index in [9.17, 15) is 0 Å². The molecular weight excluding hydrogens is 156 g/mol. The lowest BCUT2D eigenvalue weighted by Crippen LogP contribution is -2.51. The van der Waals surface area contributed by atoms with Gasteiger partial charge in [0, 0.05) is 7.11 Å². The van der Waals surface area contributed by atoms with Crippen molar-refractivity contribution in [1.29, 1.82) is 0 Å². The zero-order valence-electron chi connectivity index (χ0n) is 7.66. The van der Waals surface area contributed by atoms with Gasteiger partial charge in [-0.25, -0.2) is 0 Å². The molecule has 0 bridgehead atoms. The molecular formula is C9H14O3. The van der Waals surface area contributed by atoms with Crippen molar-refractivity contribution in [2.24, 2.45) is 0 Å². The third kappa shape index (κ3) is 1.61. The second-order valence-electron chi connectivity index (χ2n) is 2.97. The van der Waals surface area contributed by atoms with Crippen molar-refractivity contribution >= 4 is 0 Å². The van der Waals surface area contributed by atoms with Crippen LogP contribution in [-0.4, -0.2) is 31.7 Å². The fourth-order valence-electron chi connectivity index (χ4n) is 1.09. The quantitative estimate of drug-likeness (QED) is 0.544. The Morgan fingerprint density at radius 3 is 2.83 bits per heavy atom. The van der Waals surface area contributed by atoms with Crippen LogP contribution in [0.1, 0.15) is 13.8 Å². The number of terminal acetylenes is 1. The van der Waals surface area contributed by atoms with E-state index in [-0.39, 0.29) is 12.2 Å². The van der Waals surface area contributed by atoms with E-state index in [2.05, 4.69) is 5.92 Å². The molecule has 0 aromatic rings. The Bertz CT molecular complexity index is 196. The molecule has 0 spiro atoms. The number of hydrogen-bond acceptors (Lipinski definition) is 3. The van der Waals surface area contributed by atoms with Gasteiger partial charge in [0.05, 0.1) is 6.61 Å². The van der Waals surface area contributed by atoms with Crippen molar-refractivity contribution < 1.29 is 14.2 Å². The molecule has 12 heavy (non-hydrogen) atoms. The van der Waals surface area contributed by atoms with Crippen molar-refractivity contribution in [1.82, 2.24) is 0 Å². The van der Waals surface area contributed by atoms with Gasteiger partial charge in [-0.2, -0.15) is 0 Å². The van der Waals surface area contributed by atoms with Gasteiger partial charge in [-0.1, -0.05) is 5.92 Å². The van der Waals surface area contributed by atoms with E-state index in [1.165, 1.54) is 0 Å². The maximum atomic E-state index is 5.50. The van der Waals surface area contributed by atoms with Gasteiger partial charge in [-0.3, -0.25) is 0 Å². The Balaban J connectivity index is 2.66. The molecule has 0 amide bonds. The summed E-state index contributed by atoms with van der Waals surface area (Å²) in [6.45, 7) is 4.16. The predicted molar refractivity (Wildman–Crippen MR) is 44.5 cm³/mol. The molecule has 0 saturated carbocycles. The number of rotatable bonds is 1. The average Bonchev–Trinajstić information content (AvgIpc) is 2.10. The summed E-state index contributed by atoms with van der Waals surface area (Å²) in [5, 5.41) is 0. The topological polar surface area (TPSA) is 27.7 Å². The summed E-state index contributed by atoms with van der Waals surface area (Å²) in [6.07, 6.45) is 4.82. The first-order valence-corrected chi connectivity index (χ1v) is 3.93. The van der Waals surface area contributed by atoms with Crippen LogP contribution in [0.2, 0.25) is 0 Å². The molecule has 3 unspecified atom stereocenters. The lowest BCUT2D eigenvalue weighted by Gasteiger charge is -2.40. The standard InChI is InChI=1S/C9H14O3/c1-5-8-6-11-7(2)9(3,10-4)12-8/h1,7-8H,6H2,2-4H3. The Morgan fingerprint density at radius 2 is 2.33 bits per heavy atom. The third-order valence-corrected chi connectivity index (χ3v) is 2.20. The summed E-state index contributed by atoms with van der Waals surface area (Å²) in [4.78, 5) is 0. The predicted octanol–water partition coefficient (Wildman–Crippen LogP) is 0.786. The van der Waals surface area contributed by atoms with Crippen LogP contribution in [0.25, 0.3) is 0 Å². The van der Waals surface area contributed by atoms with Crippen LogP contribution in [0, 0.1) is 12.3 Å². The molecule has 0 aliphatic carbocycles. The largest absolute Gasteiger partial charge is 0.369 e. The molecule has 1 aliphatic rings. The summed E-state index contributed by atoms with van der Waals surface area (Å²) in [7, 11) is 1.58. The molecule has 3 nitrogen and oxygen atoms in total. The van der Waals surface area contributed by atoms with E-state index in [0.29, 0.717) is 6.61 Å². The highest BCUT2D eigenvalue weighted by atomic mass is 16.7. The van der Waals surface area contributed by atoms with Gasteiger partial charge in [0.2, 0.25) is 0 Å². The lowest BCUT2D eigenvalue weighted by molar-refractivity contribution is -0.316. The van der Waals surface area contributed by atoms with E-state index in [1.807, 2.05) is 13.8 Å². The SMILES string of the molecule is C#CC1COC(C)C(C)(OC)O1. The molecule has 1 heterocycles. The Kier molecular flexibility index (Phi) is 2.73. The van der Waals surface area contributed by atoms with Gasteiger partial charge in [0.15, 0.2) is 5.79 Å². The molecule has 1 aliphatic heterocycles. The fourth-order valence-corrected chi connectivity index (χ4v) is 1.09. The Labute approximate surface area is 73.0 Å². The second-order valence-corrected chi connectivity index (χ2v) is 2.97. The van der Waals surface area contributed by atoms with Crippen molar-refractivity contribution in [3.63, 3.8) is 0 Å². The van der Waals surface area contributed by atoms with Gasteiger partial charge < -0.3 is 14.2 Å². The molecule has 1 fully saturated rings. The third-order valence-electron chi connectivity index (χ3n) is 2.20. The molecule has 68 valence electrons. The molecule has 1 rings (SSSR count). The fraction of sp³-hybridized carbons (Fsp3) is 0.778. The van der Waals surface area contributed by atoms with Crippen LogP contribution in [0.15, 0.2) is 0 Å². The van der Waals surface area contributed by atoms with E-state index < -0.39 is 5.79 Å². The lowest BCUT2D eigenvalue weighted by atomic mass is 10.1. The van der Waals surface area contributed by atoms with E-state index in [4.69, 9.17) is 20.6 Å². The molecule has 1 saturated heterocycles. The first-order valence-electron chi connectivity index (χ1n) is 3.93. The summed E-state index contributed by atoms with van der Waals surface area (Å²) in [5.74, 6) is 1.77. The van der Waals surface area contributed by atoms with Crippen molar-refractivity contribution in [3.8, 4) is 12.3 Å². The Morgan fingerprint density at radius 1 is 1.67 bits per heavy atom. The summed E-state index contributed by atoms with van der Waals surface area (Å²) in [6, 6.07) is 0. The summed E-state index contributed by atoms with van der Waals surface area (Å²) >= 11 is 0. The van der Waals surface area contributed by atoms with E-state index in [0.717, 1.165) is 0 Å². The number of ether oxygens (including phenoxy) is 3. The Hall–Kier alpha value is -0.560. The zero-order valence-corrected chi connectivity index (χ0v) is 7.66. The normalized spacial score (nSPS) is 42.2. The number of methoxy groups -OCH3 is 1. The van der Waals surface area contributed by atoms with Crippen LogP contribution < -0.4 is 0 Å². The highest BCUT2D eigenvalue weighted by Gasteiger charge is 2.39. The van der Waals surface area contributed by atoms with Gasteiger partial charge in [-0.05, 0) is 13.8 Å². The molecule has 0 N–H and O–H groups in total. The minimum atomic E-state index is -0.713.